The molecule has 0 unspecified atom stereocenters. The van der Waals surface area contributed by atoms with Crippen molar-refractivity contribution < 1.29 is 9.53 Å². The van der Waals surface area contributed by atoms with Gasteiger partial charge in [-0.3, -0.25) is 10.1 Å². The number of carbonyl (C=O) groups excluding carboxylic acids is 1. The van der Waals surface area contributed by atoms with Gasteiger partial charge in [0.05, 0.1) is 6.61 Å². The highest BCUT2D eigenvalue weighted by Gasteiger charge is 2.18. The van der Waals surface area contributed by atoms with Crippen molar-refractivity contribution in [3.8, 4) is 0 Å². The predicted octanol–water partition coefficient (Wildman–Crippen LogP) is 3.44. The minimum atomic E-state index is -0.316. The quantitative estimate of drug-likeness (QED) is 0.847. The molecule has 0 aliphatic heterocycles. The fraction of sp³-hybridized carbons (Fsp3) is 0.353. The van der Waals surface area contributed by atoms with Crippen LogP contribution in [0.25, 0.3) is 10.8 Å². The number of hydrogen-bond acceptors (Lipinski definition) is 3. The van der Waals surface area contributed by atoms with E-state index in [1.54, 1.807) is 0 Å². The predicted molar refractivity (Wildman–Crippen MR) is 81.6 cm³/mol. The number of benzene rings is 2. The zero-order valence-electron chi connectivity index (χ0n) is 12.2. The van der Waals surface area contributed by atoms with Gasteiger partial charge < -0.3 is 4.74 Å². The first-order valence-electron chi connectivity index (χ1n) is 7.03. The van der Waals surface area contributed by atoms with E-state index in [-0.39, 0.29) is 18.1 Å². The molecule has 3 heteroatoms. The number of hydrogen-bond donors (Lipinski definition) is 1. The molecule has 0 radical (unpaired) electrons. The molecule has 0 amide bonds. The van der Waals surface area contributed by atoms with E-state index in [1.807, 2.05) is 32.0 Å². The van der Waals surface area contributed by atoms with Gasteiger partial charge in [0.1, 0.15) is 6.04 Å². The molecule has 106 valence electrons. The molecule has 2 aromatic rings. The maximum Gasteiger partial charge on any atom is 0.322 e. The monoisotopic (exact) mass is 271 g/mol. The largest absolute Gasteiger partial charge is 0.465 e. The Morgan fingerprint density at radius 1 is 1.15 bits per heavy atom. The third-order valence-electron chi connectivity index (χ3n) is 3.43. The van der Waals surface area contributed by atoms with Crippen molar-refractivity contribution in [3.63, 3.8) is 0 Å². The van der Waals surface area contributed by atoms with E-state index in [0.717, 1.165) is 0 Å². The molecule has 0 bridgehead atoms. The van der Waals surface area contributed by atoms with E-state index >= 15 is 0 Å². The second-order valence-electron chi connectivity index (χ2n) is 4.93. The van der Waals surface area contributed by atoms with E-state index < -0.39 is 0 Å². The van der Waals surface area contributed by atoms with Crippen molar-refractivity contribution in [2.75, 3.05) is 6.61 Å². The van der Waals surface area contributed by atoms with E-state index in [2.05, 4.69) is 36.5 Å². The number of rotatable bonds is 5. The van der Waals surface area contributed by atoms with Crippen LogP contribution in [0.4, 0.5) is 0 Å². The Morgan fingerprint density at radius 3 is 2.60 bits per heavy atom. The van der Waals surface area contributed by atoms with E-state index in [0.29, 0.717) is 6.61 Å². The van der Waals surface area contributed by atoms with Crippen molar-refractivity contribution >= 4 is 16.7 Å². The average Bonchev–Trinajstić information content (AvgIpc) is 2.46. The van der Waals surface area contributed by atoms with Crippen molar-refractivity contribution in [3.05, 3.63) is 48.0 Å². The average molecular weight is 271 g/mol. The van der Waals surface area contributed by atoms with Crippen molar-refractivity contribution in [2.24, 2.45) is 0 Å². The van der Waals surface area contributed by atoms with Crippen molar-refractivity contribution in [2.45, 2.75) is 32.9 Å². The molecule has 0 aromatic heterocycles. The minimum absolute atomic E-state index is 0.0838. The van der Waals surface area contributed by atoms with Crippen LogP contribution in [0, 0.1) is 0 Å². The Hall–Kier alpha value is -1.87. The first-order chi connectivity index (χ1) is 9.63. The van der Waals surface area contributed by atoms with Gasteiger partial charge in [-0.15, -0.1) is 0 Å². The van der Waals surface area contributed by atoms with Crippen LogP contribution in [0.2, 0.25) is 0 Å². The van der Waals surface area contributed by atoms with Crippen LogP contribution in [0.3, 0.4) is 0 Å². The molecule has 3 nitrogen and oxygen atoms in total. The van der Waals surface area contributed by atoms with Crippen molar-refractivity contribution in [1.82, 2.24) is 5.32 Å². The molecule has 2 rings (SSSR count). The lowest BCUT2D eigenvalue weighted by molar-refractivity contribution is -0.145. The molecule has 2 atom stereocenters. The van der Waals surface area contributed by atoms with Gasteiger partial charge in [0.2, 0.25) is 0 Å². The summed E-state index contributed by atoms with van der Waals surface area (Å²) in [5.41, 5.74) is 1.19. The highest BCUT2D eigenvalue weighted by molar-refractivity contribution is 5.86. The topological polar surface area (TPSA) is 38.3 Å². The van der Waals surface area contributed by atoms with E-state index in [9.17, 15) is 4.79 Å². The Labute approximate surface area is 119 Å². The first kappa shape index (κ1) is 14.5. The second-order valence-corrected chi connectivity index (χ2v) is 4.93. The third kappa shape index (κ3) is 3.17. The second kappa shape index (κ2) is 6.53. The Kier molecular flexibility index (Phi) is 4.74. The number of carbonyl (C=O) groups is 1. The summed E-state index contributed by atoms with van der Waals surface area (Å²) in [6.07, 6.45) is 0. The molecule has 0 saturated carbocycles. The Balaban J connectivity index is 2.19. The van der Waals surface area contributed by atoms with Crippen molar-refractivity contribution in [1.29, 1.82) is 0 Å². The van der Waals surface area contributed by atoms with E-state index in [1.165, 1.54) is 16.3 Å². The molecule has 0 aliphatic rings. The molecule has 1 N–H and O–H groups in total. The van der Waals surface area contributed by atoms with Crippen LogP contribution in [0.5, 0.6) is 0 Å². The maximum atomic E-state index is 11.7. The van der Waals surface area contributed by atoms with Gasteiger partial charge in [0.25, 0.3) is 0 Å². The molecule has 0 spiro atoms. The molecule has 0 aliphatic carbocycles. The summed E-state index contributed by atoms with van der Waals surface area (Å²) in [5.74, 6) is -0.209. The lowest BCUT2D eigenvalue weighted by atomic mass is 9.99. The first-order valence-corrected chi connectivity index (χ1v) is 7.03. The Morgan fingerprint density at radius 2 is 1.85 bits per heavy atom. The van der Waals surface area contributed by atoms with Crippen LogP contribution < -0.4 is 5.32 Å². The van der Waals surface area contributed by atoms with Crippen LogP contribution in [0.15, 0.2) is 42.5 Å². The Bertz CT molecular complexity index is 589. The smallest absolute Gasteiger partial charge is 0.322 e. The highest BCUT2D eigenvalue weighted by Crippen LogP contribution is 2.24. The molecular formula is C17H21NO2. The fourth-order valence-corrected chi connectivity index (χ4v) is 2.43. The fourth-order valence-electron chi connectivity index (χ4n) is 2.43. The summed E-state index contributed by atoms with van der Waals surface area (Å²) >= 11 is 0. The molecule has 2 aromatic carbocycles. The summed E-state index contributed by atoms with van der Waals surface area (Å²) in [5, 5.41) is 5.72. The van der Waals surface area contributed by atoms with Gasteiger partial charge in [-0.1, -0.05) is 42.5 Å². The molecular weight excluding hydrogens is 250 g/mol. The van der Waals surface area contributed by atoms with Crippen LogP contribution in [0.1, 0.15) is 32.4 Å². The molecule has 0 saturated heterocycles. The summed E-state index contributed by atoms with van der Waals surface area (Å²) in [4.78, 5) is 11.7. The van der Waals surface area contributed by atoms with Gasteiger partial charge in [0, 0.05) is 6.04 Å². The number of nitrogens with one attached hydrogen (secondary N) is 1. The standard InChI is InChI=1S/C17H21NO2/c1-4-20-17(19)13(3)18-12(2)15-11-7-9-14-8-5-6-10-16(14)15/h5-13,18H,4H2,1-3H3/t12-,13+/m1/s1. The molecule has 0 heterocycles. The van der Waals surface area contributed by atoms with Gasteiger partial charge in [-0.05, 0) is 37.1 Å². The summed E-state index contributed by atoms with van der Waals surface area (Å²) in [6.45, 7) is 6.13. The lowest BCUT2D eigenvalue weighted by Crippen LogP contribution is -2.37. The van der Waals surface area contributed by atoms with Crippen LogP contribution in [-0.4, -0.2) is 18.6 Å². The molecule has 0 fully saturated rings. The van der Waals surface area contributed by atoms with Gasteiger partial charge in [-0.2, -0.15) is 0 Å². The lowest BCUT2D eigenvalue weighted by Gasteiger charge is -2.20. The third-order valence-corrected chi connectivity index (χ3v) is 3.43. The van der Waals surface area contributed by atoms with Crippen LogP contribution >= 0.6 is 0 Å². The normalized spacial score (nSPS) is 13.9. The minimum Gasteiger partial charge on any atom is -0.465 e. The maximum absolute atomic E-state index is 11.7. The zero-order chi connectivity index (χ0) is 14.5. The number of esters is 1. The van der Waals surface area contributed by atoms with Gasteiger partial charge in [-0.25, -0.2) is 0 Å². The molecule has 20 heavy (non-hydrogen) atoms. The van der Waals surface area contributed by atoms with Crippen LogP contribution in [-0.2, 0) is 9.53 Å². The highest BCUT2D eigenvalue weighted by atomic mass is 16.5. The van der Waals surface area contributed by atoms with Gasteiger partial charge in [0.15, 0.2) is 0 Å². The summed E-state index contributed by atoms with van der Waals surface area (Å²) in [7, 11) is 0. The SMILES string of the molecule is CCOC(=O)[C@H](C)N[C@H](C)c1cccc2ccccc12. The summed E-state index contributed by atoms with van der Waals surface area (Å²) in [6, 6.07) is 14.3. The zero-order valence-corrected chi connectivity index (χ0v) is 12.2. The van der Waals surface area contributed by atoms with E-state index in [4.69, 9.17) is 4.74 Å². The number of fused-ring (bicyclic) bond motifs is 1. The summed E-state index contributed by atoms with van der Waals surface area (Å²) < 4.78 is 5.03. The van der Waals surface area contributed by atoms with Gasteiger partial charge >= 0.3 is 5.97 Å². The number of ether oxygens (including phenoxy) is 1.